The summed E-state index contributed by atoms with van der Waals surface area (Å²) in [7, 11) is 0. The van der Waals surface area contributed by atoms with E-state index >= 15 is 0 Å². The van der Waals surface area contributed by atoms with E-state index in [-0.39, 0.29) is 36.1 Å². The number of hydrogen-bond acceptors (Lipinski definition) is 5. The molecule has 16 heavy (non-hydrogen) atoms. The Morgan fingerprint density at radius 1 is 1.50 bits per heavy atom. The summed E-state index contributed by atoms with van der Waals surface area (Å²) >= 11 is 4.14. The maximum absolute atomic E-state index is 11.6. The van der Waals surface area contributed by atoms with Crippen LogP contribution >= 0.6 is 12.6 Å². The van der Waals surface area contributed by atoms with Crippen LogP contribution in [-0.4, -0.2) is 43.2 Å². The zero-order chi connectivity index (χ0) is 11.1. The molecule has 3 rings (SSSR count). The number of esters is 1. The van der Waals surface area contributed by atoms with Crippen molar-refractivity contribution in [1.29, 1.82) is 0 Å². The van der Waals surface area contributed by atoms with Crippen LogP contribution in [-0.2, 0) is 19.0 Å². The van der Waals surface area contributed by atoms with Crippen LogP contribution in [0.4, 0.5) is 0 Å². The lowest BCUT2D eigenvalue weighted by Gasteiger charge is -2.24. The third-order valence-corrected chi connectivity index (χ3v) is 4.10. The molecule has 0 aromatic rings. The van der Waals surface area contributed by atoms with E-state index in [4.69, 9.17) is 14.2 Å². The van der Waals surface area contributed by atoms with Crippen molar-refractivity contribution in [3.05, 3.63) is 0 Å². The predicted octanol–water partition coefficient (Wildman–Crippen LogP) is 0.652. The van der Waals surface area contributed by atoms with E-state index in [0.717, 1.165) is 18.6 Å². The third kappa shape index (κ3) is 1.57. The van der Waals surface area contributed by atoms with Crippen molar-refractivity contribution in [2.45, 2.75) is 31.2 Å². The van der Waals surface area contributed by atoms with Crippen molar-refractivity contribution in [3.8, 4) is 0 Å². The fourth-order valence-electron chi connectivity index (χ4n) is 3.03. The van der Waals surface area contributed by atoms with Gasteiger partial charge in [0, 0.05) is 18.9 Å². The molecular formula is C11H16O4S. The molecule has 0 saturated carbocycles. The molecule has 0 N–H and O–H groups in total. The highest BCUT2D eigenvalue weighted by Gasteiger charge is 2.61. The molecule has 3 aliphatic rings. The zero-order valence-electron chi connectivity index (χ0n) is 9.00. The van der Waals surface area contributed by atoms with E-state index in [9.17, 15) is 4.79 Å². The summed E-state index contributed by atoms with van der Waals surface area (Å²) in [5.74, 6) is 0.942. The quantitative estimate of drug-likeness (QED) is 0.448. The molecule has 0 aliphatic carbocycles. The molecule has 3 aliphatic heterocycles. The van der Waals surface area contributed by atoms with Gasteiger partial charge in [0.25, 0.3) is 0 Å². The van der Waals surface area contributed by atoms with E-state index in [1.165, 1.54) is 0 Å². The molecule has 5 atom stereocenters. The summed E-state index contributed by atoms with van der Waals surface area (Å²) in [6, 6.07) is 0. The van der Waals surface area contributed by atoms with E-state index in [1.807, 2.05) is 0 Å². The lowest BCUT2D eigenvalue weighted by atomic mass is 9.80. The molecule has 3 saturated heterocycles. The first-order valence-corrected chi connectivity index (χ1v) is 6.49. The van der Waals surface area contributed by atoms with Crippen molar-refractivity contribution in [2.75, 3.05) is 19.0 Å². The first-order valence-electron chi connectivity index (χ1n) is 5.86. The SMILES string of the molecule is O=C1OCC2C3CC(OCCCS)C(O3)C12. The minimum atomic E-state index is -0.0972. The van der Waals surface area contributed by atoms with Gasteiger partial charge in [-0.3, -0.25) is 4.79 Å². The number of ether oxygens (including phenoxy) is 3. The van der Waals surface area contributed by atoms with Crippen LogP contribution in [0.3, 0.4) is 0 Å². The first kappa shape index (κ1) is 10.9. The second kappa shape index (κ2) is 4.20. The van der Waals surface area contributed by atoms with Crippen LogP contribution in [0.2, 0.25) is 0 Å². The van der Waals surface area contributed by atoms with Crippen LogP contribution in [0.5, 0.6) is 0 Å². The molecule has 3 heterocycles. The maximum atomic E-state index is 11.6. The Morgan fingerprint density at radius 3 is 3.19 bits per heavy atom. The third-order valence-electron chi connectivity index (χ3n) is 3.78. The van der Waals surface area contributed by atoms with Gasteiger partial charge in [-0.15, -0.1) is 0 Å². The lowest BCUT2D eigenvalue weighted by Crippen LogP contribution is -2.39. The largest absolute Gasteiger partial charge is 0.465 e. The van der Waals surface area contributed by atoms with Crippen LogP contribution in [0.25, 0.3) is 0 Å². The van der Waals surface area contributed by atoms with Gasteiger partial charge in [0.2, 0.25) is 0 Å². The fourth-order valence-corrected chi connectivity index (χ4v) is 3.16. The Hall–Kier alpha value is -0.260. The zero-order valence-corrected chi connectivity index (χ0v) is 9.90. The minimum absolute atomic E-state index is 0.0649. The monoisotopic (exact) mass is 244 g/mol. The van der Waals surface area contributed by atoms with E-state index in [2.05, 4.69) is 12.6 Å². The summed E-state index contributed by atoms with van der Waals surface area (Å²) in [5.41, 5.74) is 0. The van der Waals surface area contributed by atoms with Crippen LogP contribution < -0.4 is 0 Å². The van der Waals surface area contributed by atoms with Gasteiger partial charge in [-0.05, 0) is 12.2 Å². The van der Waals surface area contributed by atoms with E-state index in [0.29, 0.717) is 13.2 Å². The molecule has 2 bridgehead atoms. The first-order chi connectivity index (χ1) is 7.81. The van der Waals surface area contributed by atoms with Crippen LogP contribution in [0.1, 0.15) is 12.8 Å². The van der Waals surface area contributed by atoms with Gasteiger partial charge in [0.1, 0.15) is 0 Å². The van der Waals surface area contributed by atoms with Crippen molar-refractivity contribution < 1.29 is 19.0 Å². The molecule has 5 unspecified atom stereocenters. The number of carbonyl (C=O) groups excluding carboxylic acids is 1. The van der Waals surface area contributed by atoms with Crippen LogP contribution in [0, 0.1) is 11.8 Å². The normalized spacial score (nSPS) is 44.8. The Balaban J connectivity index is 1.62. The summed E-state index contributed by atoms with van der Waals surface area (Å²) in [5, 5.41) is 0. The van der Waals surface area contributed by atoms with Gasteiger partial charge in [-0.25, -0.2) is 0 Å². The van der Waals surface area contributed by atoms with Gasteiger partial charge in [0.05, 0.1) is 30.8 Å². The highest BCUT2D eigenvalue weighted by molar-refractivity contribution is 7.80. The number of cyclic esters (lactones) is 1. The topological polar surface area (TPSA) is 44.8 Å². The molecule has 0 spiro atoms. The molecule has 0 aromatic carbocycles. The number of hydrogen-bond donors (Lipinski definition) is 1. The van der Waals surface area contributed by atoms with E-state index < -0.39 is 0 Å². The Kier molecular flexibility index (Phi) is 2.85. The summed E-state index contributed by atoms with van der Waals surface area (Å²) < 4.78 is 16.6. The average molecular weight is 244 g/mol. The fraction of sp³-hybridized carbons (Fsp3) is 0.909. The summed E-state index contributed by atoms with van der Waals surface area (Å²) in [6.45, 7) is 1.24. The van der Waals surface area contributed by atoms with Gasteiger partial charge in [-0.1, -0.05) is 0 Å². The lowest BCUT2D eigenvalue weighted by molar-refractivity contribution is -0.145. The molecule has 0 amide bonds. The molecule has 90 valence electrons. The van der Waals surface area contributed by atoms with Crippen molar-refractivity contribution in [1.82, 2.24) is 0 Å². The Bertz CT molecular complexity index is 296. The predicted molar refractivity (Wildman–Crippen MR) is 59.4 cm³/mol. The standard InChI is InChI=1S/C11H16O4S/c12-11-9-6(5-14-11)7-4-8(10(9)15-7)13-2-1-3-16/h6-10,16H,1-5H2. The Morgan fingerprint density at radius 2 is 2.38 bits per heavy atom. The molecule has 0 radical (unpaired) electrons. The summed E-state index contributed by atoms with van der Waals surface area (Å²) in [4.78, 5) is 11.6. The highest BCUT2D eigenvalue weighted by atomic mass is 32.1. The second-order valence-corrected chi connectivity index (χ2v) is 5.13. The van der Waals surface area contributed by atoms with E-state index in [1.54, 1.807) is 0 Å². The summed E-state index contributed by atoms with van der Waals surface area (Å²) in [6.07, 6.45) is 2.04. The molecule has 3 fully saturated rings. The van der Waals surface area contributed by atoms with Gasteiger partial charge in [0.15, 0.2) is 0 Å². The molecule has 5 heteroatoms. The molecular weight excluding hydrogens is 228 g/mol. The van der Waals surface area contributed by atoms with Crippen molar-refractivity contribution in [3.63, 3.8) is 0 Å². The van der Waals surface area contributed by atoms with Gasteiger partial charge in [-0.2, -0.15) is 12.6 Å². The van der Waals surface area contributed by atoms with Gasteiger partial charge < -0.3 is 14.2 Å². The van der Waals surface area contributed by atoms with Crippen LogP contribution in [0.15, 0.2) is 0 Å². The molecule has 4 nitrogen and oxygen atoms in total. The minimum Gasteiger partial charge on any atom is -0.465 e. The average Bonchev–Trinajstić information content (AvgIpc) is 2.91. The Labute approximate surface area is 100 Å². The number of thiol groups is 1. The number of fused-ring (bicyclic) bond motifs is 5. The highest BCUT2D eigenvalue weighted by Crippen LogP contribution is 2.48. The van der Waals surface area contributed by atoms with Crippen molar-refractivity contribution in [2.24, 2.45) is 11.8 Å². The van der Waals surface area contributed by atoms with Gasteiger partial charge >= 0.3 is 5.97 Å². The second-order valence-electron chi connectivity index (χ2n) is 4.68. The van der Waals surface area contributed by atoms with Crippen molar-refractivity contribution >= 4 is 18.6 Å². The number of rotatable bonds is 4. The smallest absolute Gasteiger partial charge is 0.312 e. The molecule has 0 aromatic heterocycles. The number of carbonyl (C=O) groups is 1. The maximum Gasteiger partial charge on any atom is 0.312 e.